The van der Waals surface area contributed by atoms with Gasteiger partial charge in [0.05, 0.1) is 12.5 Å². The van der Waals surface area contributed by atoms with Gasteiger partial charge in [0.2, 0.25) is 0 Å². The van der Waals surface area contributed by atoms with Gasteiger partial charge in [-0.1, -0.05) is 6.07 Å². The van der Waals surface area contributed by atoms with Crippen LogP contribution in [0.15, 0.2) is 18.2 Å². The zero-order valence-electron chi connectivity index (χ0n) is 10.1. The molecule has 1 aromatic carbocycles. The molecule has 1 heterocycles. The zero-order chi connectivity index (χ0) is 11.8. The number of nitrogens with two attached hydrogens (primary N) is 1. The van der Waals surface area contributed by atoms with Crippen molar-refractivity contribution in [3.8, 4) is 6.07 Å². The molecule has 0 amide bonds. The maximum Gasteiger partial charge on any atom is 0.0669 e. The average Bonchev–Trinajstić information content (AvgIpc) is 2.67. The minimum Gasteiger partial charge on any atom is -0.358 e. The van der Waals surface area contributed by atoms with E-state index in [2.05, 4.69) is 23.2 Å². The van der Waals surface area contributed by atoms with Crippen molar-refractivity contribution in [1.29, 1.82) is 5.26 Å². The Bertz CT molecular complexity index is 609. The van der Waals surface area contributed by atoms with Crippen LogP contribution in [0, 0.1) is 11.3 Å². The number of nitrogens with one attached hydrogen (secondary N) is 1. The standard InChI is InChI=1S/C14H15N3.ClH/c15-6-5-9-1-3-13-11(7-9)12-8-10(16)2-4-14(12)17-13;/h1,3,7,10,17H,2,4-5,8,16H2;1H. The topological polar surface area (TPSA) is 65.6 Å². The number of halogens is 1. The minimum atomic E-state index is 0. The predicted molar refractivity (Wildman–Crippen MR) is 74.9 cm³/mol. The normalized spacial score (nSPS) is 17.9. The van der Waals surface area contributed by atoms with Crippen LogP contribution in [-0.4, -0.2) is 11.0 Å². The molecule has 18 heavy (non-hydrogen) atoms. The summed E-state index contributed by atoms with van der Waals surface area (Å²) in [5, 5.41) is 10.00. The van der Waals surface area contributed by atoms with Crippen LogP contribution >= 0.6 is 12.4 Å². The van der Waals surface area contributed by atoms with Crippen molar-refractivity contribution < 1.29 is 0 Å². The van der Waals surface area contributed by atoms with Crippen molar-refractivity contribution in [2.24, 2.45) is 5.73 Å². The fraction of sp³-hybridized carbons (Fsp3) is 0.357. The summed E-state index contributed by atoms with van der Waals surface area (Å²) in [7, 11) is 0. The highest BCUT2D eigenvalue weighted by molar-refractivity contribution is 5.86. The lowest BCUT2D eigenvalue weighted by Gasteiger charge is -2.18. The molecule has 1 aromatic heterocycles. The zero-order valence-corrected chi connectivity index (χ0v) is 10.9. The van der Waals surface area contributed by atoms with Gasteiger partial charge in [0, 0.05) is 22.6 Å². The van der Waals surface area contributed by atoms with Crippen LogP contribution < -0.4 is 5.73 Å². The number of nitrogens with zero attached hydrogens (tertiary/aromatic N) is 1. The first-order valence-electron chi connectivity index (χ1n) is 6.03. The highest BCUT2D eigenvalue weighted by Gasteiger charge is 2.19. The van der Waals surface area contributed by atoms with Gasteiger partial charge in [0.1, 0.15) is 0 Å². The number of H-pyrrole nitrogens is 1. The number of nitriles is 1. The monoisotopic (exact) mass is 261 g/mol. The van der Waals surface area contributed by atoms with E-state index in [0.29, 0.717) is 6.42 Å². The summed E-state index contributed by atoms with van der Waals surface area (Å²) in [6.07, 6.45) is 3.52. The molecule has 0 spiro atoms. The van der Waals surface area contributed by atoms with E-state index in [9.17, 15) is 0 Å². The SMILES string of the molecule is Cl.N#CCc1ccc2[nH]c3c(c2c1)CC(N)CC3. The quantitative estimate of drug-likeness (QED) is 0.828. The molecule has 3 rings (SSSR count). The summed E-state index contributed by atoms with van der Waals surface area (Å²) >= 11 is 0. The van der Waals surface area contributed by atoms with Gasteiger partial charge in [-0.15, -0.1) is 12.4 Å². The molecule has 1 aliphatic rings. The second kappa shape index (κ2) is 5.01. The molecule has 0 aliphatic heterocycles. The third kappa shape index (κ3) is 2.10. The third-order valence-electron chi connectivity index (χ3n) is 3.57. The van der Waals surface area contributed by atoms with Crippen LogP contribution in [0.25, 0.3) is 10.9 Å². The number of aryl methyl sites for hydroxylation is 1. The highest BCUT2D eigenvalue weighted by atomic mass is 35.5. The van der Waals surface area contributed by atoms with Gasteiger partial charge >= 0.3 is 0 Å². The van der Waals surface area contributed by atoms with Gasteiger partial charge in [0.25, 0.3) is 0 Å². The molecule has 0 bridgehead atoms. The van der Waals surface area contributed by atoms with Crippen LogP contribution in [-0.2, 0) is 19.3 Å². The maximum absolute atomic E-state index is 8.75. The van der Waals surface area contributed by atoms with Gasteiger partial charge in [-0.25, -0.2) is 0 Å². The molecular formula is C14H16ClN3. The summed E-state index contributed by atoms with van der Waals surface area (Å²) in [5.74, 6) is 0. The first-order chi connectivity index (χ1) is 8.28. The molecule has 2 aromatic rings. The number of hydrogen-bond donors (Lipinski definition) is 2. The van der Waals surface area contributed by atoms with Gasteiger partial charge in [-0.2, -0.15) is 5.26 Å². The van der Waals surface area contributed by atoms with Crippen molar-refractivity contribution in [3.63, 3.8) is 0 Å². The fourth-order valence-corrected chi connectivity index (χ4v) is 2.69. The van der Waals surface area contributed by atoms with Gasteiger partial charge in [0.15, 0.2) is 0 Å². The Balaban J connectivity index is 0.00000120. The van der Waals surface area contributed by atoms with Crippen molar-refractivity contribution in [2.45, 2.75) is 31.7 Å². The Morgan fingerprint density at radius 3 is 3.06 bits per heavy atom. The summed E-state index contributed by atoms with van der Waals surface area (Å²) in [4.78, 5) is 3.47. The summed E-state index contributed by atoms with van der Waals surface area (Å²) in [5.41, 5.74) is 11.0. The van der Waals surface area contributed by atoms with Crippen LogP contribution in [0.2, 0.25) is 0 Å². The number of fused-ring (bicyclic) bond motifs is 3. The number of benzene rings is 1. The lowest BCUT2D eigenvalue weighted by Crippen LogP contribution is -2.27. The molecule has 1 unspecified atom stereocenters. The second-order valence-electron chi connectivity index (χ2n) is 4.80. The molecule has 0 fully saturated rings. The fourth-order valence-electron chi connectivity index (χ4n) is 2.69. The van der Waals surface area contributed by atoms with Crippen molar-refractivity contribution >= 4 is 23.3 Å². The Morgan fingerprint density at radius 2 is 2.28 bits per heavy atom. The molecule has 0 saturated heterocycles. The molecule has 3 N–H and O–H groups in total. The van der Waals surface area contributed by atoms with E-state index in [1.54, 1.807) is 0 Å². The van der Waals surface area contributed by atoms with Crippen LogP contribution in [0.5, 0.6) is 0 Å². The molecule has 4 heteroatoms. The average molecular weight is 262 g/mol. The number of hydrogen-bond acceptors (Lipinski definition) is 2. The van der Waals surface area contributed by atoms with E-state index in [1.165, 1.54) is 22.2 Å². The van der Waals surface area contributed by atoms with E-state index in [0.717, 1.165) is 24.8 Å². The lowest BCUT2D eigenvalue weighted by molar-refractivity contribution is 0.574. The molecular weight excluding hydrogens is 246 g/mol. The van der Waals surface area contributed by atoms with E-state index < -0.39 is 0 Å². The minimum absolute atomic E-state index is 0. The molecule has 1 atom stereocenters. The molecule has 3 nitrogen and oxygen atoms in total. The smallest absolute Gasteiger partial charge is 0.0669 e. The second-order valence-corrected chi connectivity index (χ2v) is 4.80. The third-order valence-corrected chi connectivity index (χ3v) is 3.57. The summed E-state index contributed by atoms with van der Waals surface area (Å²) < 4.78 is 0. The van der Waals surface area contributed by atoms with Crippen molar-refractivity contribution in [2.75, 3.05) is 0 Å². The van der Waals surface area contributed by atoms with Crippen molar-refractivity contribution in [3.05, 3.63) is 35.0 Å². The van der Waals surface area contributed by atoms with E-state index in [4.69, 9.17) is 11.0 Å². The van der Waals surface area contributed by atoms with Gasteiger partial charge < -0.3 is 10.7 Å². The van der Waals surface area contributed by atoms with Gasteiger partial charge in [-0.3, -0.25) is 0 Å². The molecule has 94 valence electrons. The Hall–Kier alpha value is -1.50. The first-order valence-corrected chi connectivity index (χ1v) is 6.03. The molecule has 0 saturated carbocycles. The Labute approximate surface area is 112 Å². The maximum atomic E-state index is 8.75. The Morgan fingerprint density at radius 1 is 1.44 bits per heavy atom. The molecule has 0 radical (unpaired) electrons. The number of aromatic amines is 1. The van der Waals surface area contributed by atoms with E-state index >= 15 is 0 Å². The van der Waals surface area contributed by atoms with Crippen LogP contribution in [0.1, 0.15) is 23.2 Å². The van der Waals surface area contributed by atoms with E-state index in [-0.39, 0.29) is 18.4 Å². The van der Waals surface area contributed by atoms with Crippen molar-refractivity contribution in [1.82, 2.24) is 4.98 Å². The largest absolute Gasteiger partial charge is 0.358 e. The number of aromatic nitrogens is 1. The first kappa shape index (κ1) is 12.9. The summed E-state index contributed by atoms with van der Waals surface area (Å²) in [6.45, 7) is 0. The van der Waals surface area contributed by atoms with Crippen LogP contribution in [0.4, 0.5) is 0 Å². The van der Waals surface area contributed by atoms with Crippen LogP contribution in [0.3, 0.4) is 0 Å². The predicted octanol–water partition coefficient (Wildman–Crippen LogP) is 2.47. The van der Waals surface area contributed by atoms with E-state index in [1.807, 2.05) is 6.07 Å². The number of rotatable bonds is 1. The Kier molecular flexibility index (Phi) is 3.60. The summed E-state index contributed by atoms with van der Waals surface area (Å²) in [6, 6.07) is 8.70. The molecule has 1 aliphatic carbocycles. The lowest BCUT2D eigenvalue weighted by atomic mass is 9.91. The highest BCUT2D eigenvalue weighted by Crippen LogP contribution is 2.29. The van der Waals surface area contributed by atoms with Gasteiger partial charge in [-0.05, 0) is 42.5 Å².